The Morgan fingerprint density at radius 3 is 2.69 bits per heavy atom. The van der Waals surface area contributed by atoms with Crippen LogP contribution in [0.5, 0.6) is 0 Å². The van der Waals surface area contributed by atoms with Gasteiger partial charge in [0.1, 0.15) is 6.29 Å². The van der Waals surface area contributed by atoms with E-state index in [1.807, 2.05) is 32.0 Å². The molecule has 70 valence electrons. The molecule has 0 aromatic heterocycles. The average molecular weight is 178 g/mol. The lowest BCUT2D eigenvalue weighted by molar-refractivity contribution is -0.108. The molecule has 0 heterocycles. The van der Waals surface area contributed by atoms with Crippen molar-refractivity contribution >= 4 is 6.29 Å². The van der Waals surface area contributed by atoms with Crippen molar-refractivity contribution in [2.24, 2.45) is 0 Å². The van der Waals surface area contributed by atoms with E-state index in [9.17, 15) is 4.79 Å². The summed E-state index contributed by atoms with van der Waals surface area (Å²) in [5, 5.41) is 8.95. The molecule has 0 fully saturated rings. The number of carbonyl (C=O) groups excluding carboxylic acids is 1. The van der Waals surface area contributed by atoms with Gasteiger partial charge in [0.2, 0.25) is 0 Å². The van der Waals surface area contributed by atoms with Gasteiger partial charge in [0.15, 0.2) is 0 Å². The molecule has 0 radical (unpaired) electrons. The van der Waals surface area contributed by atoms with E-state index in [0.29, 0.717) is 0 Å². The highest BCUT2D eigenvalue weighted by Crippen LogP contribution is 2.17. The van der Waals surface area contributed by atoms with E-state index in [-0.39, 0.29) is 12.5 Å². The topological polar surface area (TPSA) is 37.3 Å². The fourth-order valence-corrected chi connectivity index (χ4v) is 1.33. The standard InChI is InChI=1S/C11H14O2/c1-8-3-10(7-13)5-11(4-8)9(2)6-12/h3-6,9,13H,7H2,1-2H3. The third kappa shape index (κ3) is 2.39. The largest absolute Gasteiger partial charge is 0.392 e. The van der Waals surface area contributed by atoms with Crippen molar-refractivity contribution in [1.82, 2.24) is 0 Å². The summed E-state index contributed by atoms with van der Waals surface area (Å²) in [4.78, 5) is 10.6. The van der Waals surface area contributed by atoms with Crippen LogP contribution in [0.4, 0.5) is 0 Å². The molecular formula is C11H14O2. The van der Waals surface area contributed by atoms with Crippen molar-refractivity contribution in [2.45, 2.75) is 26.4 Å². The molecule has 0 saturated carbocycles. The van der Waals surface area contributed by atoms with Gasteiger partial charge in [-0.25, -0.2) is 0 Å². The van der Waals surface area contributed by atoms with Gasteiger partial charge < -0.3 is 9.90 Å². The molecule has 1 rings (SSSR count). The van der Waals surface area contributed by atoms with Crippen molar-refractivity contribution in [3.8, 4) is 0 Å². The minimum Gasteiger partial charge on any atom is -0.392 e. The van der Waals surface area contributed by atoms with Crippen LogP contribution in [0.2, 0.25) is 0 Å². The second-order valence-electron chi connectivity index (χ2n) is 3.33. The molecule has 0 aliphatic heterocycles. The number of rotatable bonds is 3. The van der Waals surface area contributed by atoms with Gasteiger partial charge in [-0.1, -0.05) is 30.7 Å². The lowest BCUT2D eigenvalue weighted by Gasteiger charge is -2.07. The van der Waals surface area contributed by atoms with E-state index in [1.54, 1.807) is 0 Å². The first kappa shape index (κ1) is 9.93. The lowest BCUT2D eigenvalue weighted by atomic mass is 9.98. The van der Waals surface area contributed by atoms with Gasteiger partial charge in [-0.2, -0.15) is 0 Å². The Balaban J connectivity index is 3.07. The smallest absolute Gasteiger partial charge is 0.127 e. The molecule has 0 saturated heterocycles. The molecule has 2 heteroatoms. The second-order valence-corrected chi connectivity index (χ2v) is 3.33. The van der Waals surface area contributed by atoms with Gasteiger partial charge in [0.25, 0.3) is 0 Å². The molecule has 0 aliphatic rings. The second kappa shape index (κ2) is 4.19. The third-order valence-electron chi connectivity index (χ3n) is 2.07. The minimum atomic E-state index is -0.0924. The molecule has 1 unspecified atom stereocenters. The van der Waals surface area contributed by atoms with Crippen LogP contribution in [0, 0.1) is 6.92 Å². The molecule has 0 bridgehead atoms. The maximum atomic E-state index is 10.6. The fourth-order valence-electron chi connectivity index (χ4n) is 1.33. The summed E-state index contributed by atoms with van der Waals surface area (Å²) < 4.78 is 0. The van der Waals surface area contributed by atoms with Gasteiger partial charge in [0.05, 0.1) is 6.61 Å². The number of aliphatic hydroxyl groups excluding tert-OH is 1. The monoisotopic (exact) mass is 178 g/mol. The first-order valence-corrected chi connectivity index (χ1v) is 4.34. The molecule has 0 aliphatic carbocycles. The minimum absolute atomic E-state index is 0.0280. The third-order valence-corrected chi connectivity index (χ3v) is 2.07. The molecule has 0 amide bonds. The lowest BCUT2D eigenvalue weighted by Crippen LogP contribution is -1.97. The maximum absolute atomic E-state index is 10.6. The quantitative estimate of drug-likeness (QED) is 0.716. The van der Waals surface area contributed by atoms with Crippen molar-refractivity contribution in [3.05, 3.63) is 34.9 Å². The van der Waals surface area contributed by atoms with Crippen LogP contribution in [0.3, 0.4) is 0 Å². The Hall–Kier alpha value is -1.15. The summed E-state index contributed by atoms with van der Waals surface area (Å²) in [7, 11) is 0. The molecule has 1 aromatic rings. The Labute approximate surface area is 78.2 Å². The summed E-state index contributed by atoms with van der Waals surface area (Å²) >= 11 is 0. The number of carbonyl (C=O) groups is 1. The van der Waals surface area contributed by atoms with Crippen LogP contribution in [-0.2, 0) is 11.4 Å². The molecular weight excluding hydrogens is 164 g/mol. The number of aldehydes is 1. The number of hydrogen-bond donors (Lipinski definition) is 1. The van der Waals surface area contributed by atoms with Crippen molar-refractivity contribution in [3.63, 3.8) is 0 Å². The number of aliphatic hydroxyl groups is 1. The van der Waals surface area contributed by atoms with E-state index in [4.69, 9.17) is 5.11 Å². The highest BCUT2D eigenvalue weighted by molar-refractivity contribution is 5.61. The summed E-state index contributed by atoms with van der Waals surface area (Å²) in [5.74, 6) is -0.0924. The predicted octanol–water partition coefficient (Wildman–Crippen LogP) is 1.79. The van der Waals surface area contributed by atoms with Crippen LogP contribution >= 0.6 is 0 Å². The zero-order valence-electron chi connectivity index (χ0n) is 7.95. The fraction of sp³-hybridized carbons (Fsp3) is 0.364. The van der Waals surface area contributed by atoms with Crippen LogP contribution in [0.25, 0.3) is 0 Å². The number of benzene rings is 1. The van der Waals surface area contributed by atoms with E-state index >= 15 is 0 Å². The summed E-state index contributed by atoms with van der Waals surface area (Å²) in [6.07, 6.45) is 0.913. The zero-order chi connectivity index (χ0) is 9.84. The Bertz CT molecular complexity index is 305. The van der Waals surface area contributed by atoms with Gasteiger partial charge in [-0.15, -0.1) is 0 Å². The molecule has 0 spiro atoms. The van der Waals surface area contributed by atoms with E-state index in [1.165, 1.54) is 0 Å². The molecule has 2 nitrogen and oxygen atoms in total. The highest BCUT2D eigenvalue weighted by Gasteiger charge is 2.05. The van der Waals surface area contributed by atoms with Crippen LogP contribution < -0.4 is 0 Å². The number of hydrogen-bond acceptors (Lipinski definition) is 2. The summed E-state index contributed by atoms with van der Waals surface area (Å²) in [6, 6.07) is 5.76. The van der Waals surface area contributed by atoms with Crippen LogP contribution in [-0.4, -0.2) is 11.4 Å². The summed E-state index contributed by atoms with van der Waals surface area (Å²) in [6.45, 7) is 3.84. The normalized spacial score (nSPS) is 12.5. The highest BCUT2D eigenvalue weighted by atomic mass is 16.3. The van der Waals surface area contributed by atoms with Gasteiger partial charge >= 0.3 is 0 Å². The predicted molar refractivity (Wildman–Crippen MR) is 51.6 cm³/mol. The van der Waals surface area contributed by atoms with Crippen molar-refractivity contribution < 1.29 is 9.90 Å². The van der Waals surface area contributed by atoms with E-state index in [0.717, 1.165) is 23.0 Å². The molecule has 1 aromatic carbocycles. The average Bonchev–Trinajstić information content (AvgIpc) is 2.15. The van der Waals surface area contributed by atoms with Gasteiger partial charge in [-0.05, 0) is 18.1 Å². The van der Waals surface area contributed by atoms with Crippen molar-refractivity contribution in [2.75, 3.05) is 0 Å². The van der Waals surface area contributed by atoms with Crippen LogP contribution in [0.1, 0.15) is 29.5 Å². The Morgan fingerprint density at radius 2 is 2.15 bits per heavy atom. The summed E-state index contributed by atoms with van der Waals surface area (Å²) in [5.41, 5.74) is 2.91. The first-order valence-electron chi connectivity index (χ1n) is 4.34. The van der Waals surface area contributed by atoms with Gasteiger partial charge in [0, 0.05) is 5.92 Å². The van der Waals surface area contributed by atoms with Gasteiger partial charge in [-0.3, -0.25) is 0 Å². The Morgan fingerprint density at radius 1 is 1.46 bits per heavy atom. The molecule has 1 atom stereocenters. The molecule has 1 N–H and O–H groups in total. The number of aryl methyl sites for hydroxylation is 1. The van der Waals surface area contributed by atoms with E-state index < -0.39 is 0 Å². The van der Waals surface area contributed by atoms with Crippen LogP contribution in [0.15, 0.2) is 18.2 Å². The van der Waals surface area contributed by atoms with Crippen molar-refractivity contribution in [1.29, 1.82) is 0 Å². The van der Waals surface area contributed by atoms with E-state index in [2.05, 4.69) is 0 Å². The first-order chi connectivity index (χ1) is 6.17. The Kier molecular flexibility index (Phi) is 3.20. The molecule has 13 heavy (non-hydrogen) atoms. The maximum Gasteiger partial charge on any atom is 0.127 e. The SMILES string of the molecule is Cc1cc(CO)cc(C(C)C=O)c1. The zero-order valence-corrected chi connectivity index (χ0v) is 7.95.